The van der Waals surface area contributed by atoms with Gasteiger partial charge in [-0.25, -0.2) is 4.98 Å². The van der Waals surface area contributed by atoms with Crippen molar-refractivity contribution < 1.29 is 9.47 Å². The third kappa shape index (κ3) is 3.33. The number of ether oxygens (including phenoxy) is 2. The molecule has 0 saturated heterocycles. The highest BCUT2D eigenvalue weighted by Gasteiger charge is 2.20. The zero-order valence-electron chi connectivity index (χ0n) is 12.9. The Balaban J connectivity index is 2.22. The minimum Gasteiger partial charge on any atom is -0.493 e. The lowest BCUT2D eigenvalue weighted by Crippen LogP contribution is -2.20. The molecule has 0 saturated carbocycles. The van der Waals surface area contributed by atoms with Crippen LogP contribution in [0.5, 0.6) is 11.6 Å². The number of aromatic nitrogens is 3. The number of methoxy groups -OCH3 is 2. The van der Waals surface area contributed by atoms with Crippen LogP contribution >= 0.6 is 0 Å². The third-order valence-corrected chi connectivity index (χ3v) is 3.32. The fourth-order valence-electron chi connectivity index (χ4n) is 2.28. The fraction of sp³-hybridized carbons (Fsp3) is 0.467. The molecule has 2 rings (SSSR count). The first-order valence-corrected chi connectivity index (χ1v) is 6.92. The zero-order valence-corrected chi connectivity index (χ0v) is 12.9. The molecule has 2 aromatic rings. The smallest absolute Gasteiger partial charge is 0.212 e. The fourth-order valence-corrected chi connectivity index (χ4v) is 2.28. The highest BCUT2D eigenvalue weighted by atomic mass is 16.5. The standard InChI is InChI=1S/C15H22N4O2/c1-10(2)19-15(13(20-3)9-18-19)12(16)7-11-5-6-14(21-4)17-8-11/h5-6,8-10,12H,7,16H2,1-4H3. The number of pyridine rings is 1. The minimum atomic E-state index is -0.208. The molecule has 0 bridgehead atoms. The van der Waals surface area contributed by atoms with Crippen LogP contribution in [0.3, 0.4) is 0 Å². The molecule has 6 nitrogen and oxygen atoms in total. The Morgan fingerprint density at radius 3 is 2.48 bits per heavy atom. The van der Waals surface area contributed by atoms with Crippen LogP contribution in [0.15, 0.2) is 24.5 Å². The average Bonchev–Trinajstić information content (AvgIpc) is 2.92. The molecule has 2 heterocycles. The lowest BCUT2D eigenvalue weighted by molar-refractivity contribution is 0.394. The van der Waals surface area contributed by atoms with Crippen LogP contribution in [-0.2, 0) is 6.42 Å². The third-order valence-electron chi connectivity index (χ3n) is 3.32. The number of nitrogens with zero attached hydrogens (tertiary/aromatic N) is 3. The van der Waals surface area contributed by atoms with Gasteiger partial charge in [-0.05, 0) is 25.8 Å². The second kappa shape index (κ2) is 6.58. The van der Waals surface area contributed by atoms with E-state index in [0.717, 1.165) is 17.0 Å². The Morgan fingerprint density at radius 2 is 1.95 bits per heavy atom. The monoisotopic (exact) mass is 290 g/mol. The van der Waals surface area contributed by atoms with Gasteiger partial charge in [0.2, 0.25) is 5.88 Å². The van der Waals surface area contributed by atoms with Crippen molar-refractivity contribution in [3.8, 4) is 11.6 Å². The summed E-state index contributed by atoms with van der Waals surface area (Å²) in [5.41, 5.74) is 8.31. The molecule has 0 aromatic carbocycles. The second-order valence-electron chi connectivity index (χ2n) is 5.16. The molecule has 0 radical (unpaired) electrons. The van der Waals surface area contributed by atoms with Crippen molar-refractivity contribution in [1.82, 2.24) is 14.8 Å². The van der Waals surface area contributed by atoms with Crippen LogP contribution in [0.2, 0.25) is 0 Å². The van der Waals surface area contributed by atoms with Gasteiger partial charge in [-0.1, -0.05) is 6.07 Å². The van der Waals surface area contributed by atoms with Gasteiger partial charge in [-0.15, -0.1) is 0 Å². The molecular formula is C15H22N4O2. The van der Waals surface area contributed by atoms with Gasteiger partial charge in [0.15, 0.2) is 5.75 Å². The van der Waals surface area contributed by atoms with Gasteiger partial charge in [0.1, 0.15) is 0 Å². The highest BCUT2D eigenvalue weighted by molar-refractivity contribution is 5.30. The molecule has 2 aromatic heterocycles. The van der Waals surface area contributed by atoms with Crippen LogP contribution < -0.4 is 15.2 Å². The van der Waals surface area contributed by atoms with Crippen LogP contribution in [-0.4, -0.2) is 29.0 Å². The molecule has 0 aliphatic rings. The van der Waals surface area contributed by atoms with Crippen molar-refractivity contribution in [2.24, 2.45) is 5.73 Å². The van der Waals surface area contributed by atoms with Crippen molar-refractivity contribution in [2.75, 3.05) is 14.2 Å². The maximum absolute atomic E-state index is 6.36. The quantitative estimate of drug-likeness (QED) is 0.882. The summed E-state index contributed by atoms with van der Waals surface area (Å²) in [6, 6.07) is 3.82. The molecule has 0 aliphatic heterocycles. The molecule has 2 N–H and O–H groups in total. The molecular weight excluding hydrogens is 268 g/mol. The number of hydrogen-bond acceptors (Lipinski definition) is 5. The van der Waals surface area contributed by atoms with E-state index in [1.165, 1.54) is 0 Å². The van der Waals surface area contributed by atoms with E-state index in [0.29, 0.717) is 12.3 Å². The number of rotatable bonds is 6. The summed E-state index contributed by atoms with van der Waals surface area (Å²) >= 11 is 0. The number of hydrogen-bond donors (Lipinski definition) is 1. The van der Waals surface area contributed by atoms with Crippen LogP contribution in [0.4, 0.5) is 0 Å². The van der Waals surface area contributed by atoms with E-state index in [2.05, 4.69) is 23.9 Å². The first kappa shape index (κ1) is 15.3. The first-order valence-electron chi connectivity index (χ1n) is 6.92. The molecule has 0 fully saturated rings. The Hall–Kier alpha value is -2.08. The maximum Gasteiger partial charge on any atom is 0.212 e. The molecule has 0 aliphatic carbocycles. The lowest BCUT2D eigenvalue weighted by atomic mass is 10.0. The first-order chi connectivity index (χ1) is 10.1. The minimum absolute atomic E-state index is 0.208. The van der Waals surface area contributed by atoms with E-state index in [1.807, 2.05) is 16.8 Å². The molecule has 1 unspecified atom stereocenters. The van der Waals surface area contributed by atoms with E-state index in [-0.39, 0.29) is 12.1 Å². The molecule has 114 valence electrons. The zero-order chi connectivity index (χ0) is 15.4. The number of nitrogens with two attached hydrogens (primary N) is 1. The molecule has 1 atom stereocenters. The van der Waals surface area contributed by atoms with Gasteiger partial charge < -0.3 is 15.2 Å². The van der Waals surface area contributed by atoms with Gasteiger partial charge in [0.25, 0.3) is 0 Å². The largest absolute Gasteiger partial charge is 0.493 e. The van der Waals surface area contributed by atoms with Crippen molar-refractivity contribution in [2.45, 2.75) is 32.4 Å². The van der Waals surface area contributed by atoms with Gasteiger partial charge in [0.05, 0.1) is 32.2 Å². The maximum atomic E-state index is 6.36. The van der Waals surface area contributed by atoms with Crippen molar-refractivity contribution in [1.29, 1.82) is 0 Å². The average molecular weight is 290 g/mol. The van der Waals surface area contributed by atoms with E-state index in [9.17, 15) is 0 Å². The topological polar surface area (TPSA) is 75.2 Å². The normalized spacial score (nSPS) is 12.5. The molecule has 6 heteroatoms. The Morgan fingerprint density at radius 1 is 1.19 bits per heavy atom. The Labute approximate surface area is 124 Å². The van der Waals surface area contributed by atoms with Gasteiger partial charge >= 0.3 is 0 Å². The summed E-state index contributed by atoms with van der Waals surface area (Å²) in [5.74, 6) is 1.31. The lowest BCUT2D eigenvalue weighted by Gasteiger charge is -2.18. The van der Waals surface area contributed by atoms with E-state index >= 15 is 0 Å². The molecule has 0 spiro atoms. The van der Waals surface area contributed by atoms with E-state index in [1.54, 1.807) is 26.6 Å². The molecule has 0 amide bonds. The van der Waals surface area contributed by atoms with Crippen molar-refractivity contribution in [3.05, 3.63) is 35.8 Å². The Kier molecular flexibility index (Phi) is 4.80. The summed E-state index contributed by atoms with van der Waals surface area (Å²) in [6.07, 6.45) is 4.15. The predicted octanol–water partition coefficient (Wildman–Crippen LogP) is 2.12. The Bertz CT molecular complexity index is 578. The van der Waals surface area contributed by atoms with Gasteiger partial charge in [-0.3, -0.25) is 4.68 Å². The summed E-state index contributed by atoms with van der Waals surface area (Å²) < 4.78 is 12.3. The predicted molar refractivity (Wildman–Crippen MR) is 80.6 cm³/mol. The van der Waals surface area contributed by atoms with Crippen LogP contribution in [0, 0.1) is 0 Å². The highest BCUT2D eigenvalue weighted by Crippen LogP contribution is 2.28. The molecule has 21 heavy (non-hydrogen) atoms. The van der Waals surface area contributed by atoms with Crippen molar-refractivity contribution in [3.63, 3.8) is 0 Å². The van der Waals surface area contributed by atoms with Crippen molar-refractivity contribution >= 4 is 0 Å². The van der Waals surface area contributed by atoms with Crippen LogP contribution in [0.25, 0.3) is 0 Å². The SMILES string of the molecule is COc1ccc(CC(N)c2c(OC)cnn2C(C)C)cn1. The summed E-state index contributed by atoms with van der Waals surface area (Å²) in [5, 5.41) is 4.35. The van der Waals surface area contributed by atoms with Crippen LogP contribution in [0.1, 0.15) is 37.2 Å². The summed E-state index contributed by atoms with van der Waals surface area (Å²) in [4.78, 5) is 4.20. The summed E-state index contributed by atoms with van der Waals surface area (Å²) in [6.45, 7) is 4.13. The van der Waals surface area contributed by atoms with Gasteiger partial charge in [-0.2, -0.15) is 5.10 Å². The van der Waals surface area contributed by atoms with E-state index in [4.69, 9.17) is 15.2 Å². The summed E-state index contributed by atoms with van der Waals surface area (Å²) in [7, 11) is 3.23. The van der Waals surface area contributed by atoms with E-state index < -0.39 is 0 Å². The second-order valence-corrected chi connectivity index (χ2v) is 5.16. The van der Waals surface area contributed by atoms with Gasteiger partial charge in [0, 0.05) is 18.3 Å².